The Kier molecular flexibility index (Phi) is 4.73. The van der Waals surface area contributed by atoms with Crippen LogP contribution in [0.3, 0.4) is 0 Å². The quantitative estimate of drug-likeness (QED) is 0.578. The van der Waals surface area contributed by atoms with Crippen LogP contribution in [0.25, 0.3) is 0 Å². The number of nitrogens with one attached hydrogen (secondary N) is 1. The largest absolute Gasteiger partial charge is 0.370 e. The van der Waals surface area contributed by atoms with E-state index in [1.807, 2.05) is 0 Å². The minimum atomic E-state index is -0.690. The van der Waals surface area contributed by atoms with Crippen molar-refractivity contribution < 1.29 is 9.59 Å². The molecule has 1 aliphatic rings. The Labute approximate surface area is 95.9 Å². The molecular formula is C11H21N3O2. The maximum absolute atomic E-state index is 11.8. The van der Waals surface area contributed by atoms with E-state index >= 15 is 0 Å². The lowest BCUT2D eigenvalue weighted by Crippen LogP contribution is -2.55. The van der Waals surface area contributed by atoms with Gasteiger partial charge in [0.15, 0.2) is 0 Å². The monoisotopic (exact) mass is 227 g/mol. The molecule has 5 N–H and O–H groups in total. The number of amides is 2. The Bertz CT molecular complexity index is 260. The summed E-state index contributed by atoms with van der Waals surface area (Å²) in [5, 5.41) is 2.78. The van der Waals surface area contributed by atoms with E-state index in [1.54, 1.807) is 0 Å². The molecule has 0 aromatic heterocycles. The standard InChI is InChI=1S/C11H21N3O2/c12-9(15)5-4-8-14-10(16)11(13)6-2-1-3-7-11/h1-8,13H2,(H2,12,15)(H,14,16). The van der Waals surface area contributed by atoms with E-state index in [4.69, 9.17) is 11.5 Å². The van der Waals surface area contributed by atoms with Crippen LogP contribution in [0.5, 0.6) is 0 Å². The molecule has 2 amide bonds. The van der Waals surface area contributed by atoms with Crippen molar-refractivity contribution in [2.75, 3.05) is 6.54 Å². The number of carbonyl (C=O) groups is 2. The number of hydrogen-bond donors (Lipinski definition) is 3. The molecule has 1 rings (SSSR count). The second kappa shape index (κ2) is 5.84. The lowest BCUT2D eigenvalue weighted by atomic mass is 9.82. The maximum Gasteiger partial charge on any atom is 0.240 e. The van der Waals surface area contributed by atoms with Gasteiger partial charge in [-0.3, -0.25) is 9.59 Å². The van der Waals surface area contributed by atoms with Crippen LogP contribution in [0.2, 0.25) is 0 Å². The van der Waals surface area contributed by atoms with Gasteiger partial charge < -0.3 is 16.8 Å². The molecule has 5 nitrogen and oxygen atoms in total. The van der Waals surface area contributed by atoms with Crippen molar-refractivity contribution >= 4 is 11.8 Å². The summed E-state index contributed by atoms with van der Waals surface area (Å²) in [6, 6.07) is 0. The highest BCUT2D eigenvalue weighted by Gasteiger charge is 2.34. The molecule has 1 saturated carbocycles. The van der Waals surface area contributed by atoms with E-state index < -0.39 is 5.54 Å². The van der Waals surface area contributed by atoms with Gasteiger partial charge in [-0.05, 0) is 19.3 Å². The number of hydrogen-bond acceptors (Lipinski definition) is 3. The Hall–Kier alpha value is -1.10. The van der Waals surface area contributed by atoms with Crippen molar-refractivity contribution in [2.45, 2.75) is 50.5 Å². The third-order valence-electron chi connectivity index (χ3n) is 3.08. The minimum Gasteiger partial charge on any atom is -0.370 e. The molecular weight excluding hydrogens is 206 g/mol. The summed E-state index contributed by atoms with van der Waals surface area (Å²) >= 11 is 0. The molecule has 0 saturated heterocycles. The zero-order valence-electron chi connectivity index (χ0n) is 9.63. The van der Waals surface area contributed by atoms with Crippen molar-refractivity contribution in [1.82, 2.24) is 5.32 Å². The van der Waals surface area contributed by atoms with Gasteiger partial charge >= 0.3 is 0 Å². The molecule has 5 heteroatoms. The first-order valence-corrected chi connectivity index (χ1v) is 5.90. The van der Waals surface area contributed by atoms with Crippen molar-refractivity contribution in [3.05, 3.63) is 0 Å². The van der Waals surface area contributed by atoms with E-state index in [-0.39, 0.29) is 11.8 Å². The molecule has 0 aliphatic heterocycles. The van der Waals surface area contributed by atoms with Gasteiger partial charge in [-0.25, -0.2) is 0 Å². The van der Waals surface area contributed by atoms with Crippen molar-refractivity contribution in [1.29, 1.82) is 0 Å². The zero-order chi connectivity index (χ0) is 12.0. The highest BCUT2D eigenvalue weighted by molar-refractivity contribution is 5.86. The normalized spacial score (nSPS) is 19.1. The topological polar surface area (TPSA) is 98.2 Å². The Morgan fingerprint density at radius 1 is 1.19 bits per heavy atom. The van der Waals surface area contributed by atoms with Crippen LogP contribution in [-0.4, -0.2) is 23.9 Å². The van der Waals surface area contributed by atoms with Gasteiger partial charge in [0.05, 0.1) is 5.54 Å². The van der Waals surface area contributed by atoms with Crippen molar-refractivity contribution in [2.24, 2.45) is 11.5 Å². The first kappa shape index (κ1) is 13.0. The summed E-state index contributed by atoms with van der Waals surface area (Å²) in [5.74, 6) is -0.425. The summed E-state index contributed by atoms with van der Waals surface area (Å²) in [4.78, 5) is 22.3. The predicted octanol–water partition coefficient (Wildman–Crippen LogP) is 0.0297. The molecule has 0 spiro atoms. The van der Waals surface area contributed by atoms with Crippen LogP contribution < -0.4 is 16.8 Å². The van der Waals surface area contributed by atoms with Crippen LogP contribution in [0.15, 0.2) is 0 Å². The first-order valence-electron chi connectivity index (χ1n) is 5.90. The van der Waals surface area contributed by atoms with E-state index in [0.717, 1.165) is 32.1 Å². The van der Waals surface area contributed by atoms with Crippen LogP contribution >= 0.6 is 0 Å². The fourth-order valence-corrected chi connectivity index (χ4v) is 2.05. The SMILES string of the molecule is NC(=O)CCCNC(=O)C1(N)CCCCC1. The second-order valence-electron chi connectivity index (χ2n) is 4.54. The fourth-order valence-electron chi connectivity index (χ4n) is 2.05. The zero-order valence-corrected chi connectivity index (χ0v) is 9.63. The lowest BCUT2D eigenvalue weighted by Gasteiger charge is -2.31. The van der Waals surface area contributed by atoms with E-state index in [2.05, 4.69) is 5.32 Å². The molecule has 92 valence electrons. The van der Waals surface area contributed by atoms with Gasteiger partial charge in [0, 0.05) is 13.0 Å². The van der Waals surface area contributed by atoms with Crippen LogP contribution in [0.1, 0.15) is 44.9 Å². The lowest BCUT2D eigenvalue weighted by molar-refractivity contribution is -0.127. The molecule has 0 radical (unpaired) electrons. The van der Waals surface area contributed by atoms with Gasteiger partial charge in [0.25, 0.3) is 0 Å². The average Bonchev–Trinajstić information content (AvgIpc) is 2.25. The summed E-state index contributed by atoms with van der Waals surface area (Å²) in [7, 11) is 0. The van der Waals surface area contributed by atoms with Crippen LogP contribution in [-0.2, 0) is 9.59 Å². The first-order chi connectivity index (χ1) is 7.54. The molecule has 0 unspecified atom stereocenters. The third kappa shape index (κ3) is 3.81. The molecule has 0 aromatic carbocycles. The van der Waals surface area contributed by atoms with Gasteiger partial charge in [-0.2, -0.15) is 0 Å². The van der Waals surface area contributed by atoms with Gasteiger partial charge in [0.1, 0.15) is 0 Å². The fraction of sp³-hybridized carbons (Fsp3) is 0.818. The Morgan fingerprint density at radius 3 is 2.38 bits per heavy atom. The van der Waals surface area contributed by atoms with E-state index in [9.17, 15) is 9.59 Å². The molecule has 0 bridgehead atoms. The average molecular weight is 227 g/mol. The molecule has 0 atom stereocenters. The molecule has 1 aliphatic carbocycles. The van der Waals surface area contributed by atoms with Gasteiger partial charge in [-0.1, -0.05) is 19.3 Å². The minimum absolute atomic E-state index is 0.0864. The smallest absolute Gasteiger partial charge is 0.240 e. The number of carbonyl (C=O) groups excluding carboxylic acids is 2. The number of primary amides is 1. The number of rotatable bonds is 5. The van der Waals surface area contributed by atoms with Crippen LogP contribution in [0, 0.1) is 0 Å². The molecule has 1 fully saturated rings. The molecule has 0 aromatic rings. The predicted molar refractivity (Wildman–Crippen MR) is 61.4 cm³/mol. The van der Waals surface area contributed by atoms with Crippen molar-refractivity contribution in [3.63, 3.8) is 0 Å². The summed E-state index contributed by atoms with van der Waals surface area (Å²) in [6.07, 6.45) is 5.60. The number of nitrogens with two attached hydrogens (primary N) is 2. The Morgan fingerprint density at radius 2 is 1.81 bits per heavy atom. The second-order valence-corrected chi connectivity index (χ2v) is 4.54. The van der Waals surface area contributed by atoms with Crippen molar-refractivity contribution in [3.8, 4) is 0 Å². The van der Waals surface area contributed by atoms with E-state index in [1.165, 1.54) is 0 Å². The Balaban J connectivity index is 2.25. The third-order valence-corrected chi connectivity index (χ3v) is 3.08. The van der Waals surface area contributed by atoms with Gasteiger partial charge in [-0.15, -0.1) is 0 Å². The summed E-state index contributed by atoms with van der Waals surface area (Å²) in [5.41, 5.74) is 10.4. The van der Waals surface area contributed by atoms with E-state index in [0.29, 0.717) is 19.4 Å². The summed E-state index contributed by atoms with van der Waals surface area (Å²) in [6.45, 7) is 0.473. The highest BCUT2D eigenvalue weighted by Crippen LogP contribution is 2.25. The maximum atomic E-state index is 11.8. The summed E-state index contributed by atoms with van der Waals surface area (Å²) < 4.78 is 0. The van der Waals surface area contributed by atoms with Gasteiger partial charge in [0.2, 0.25) is 11.8 Å². The highest BCUT2D eigenvalue weighted by atomic mass is 16.2. The van der Waals surface area contributed by atoms with Crippen LogP contribution in [0.4, 0.5) is 0 Å². The molecule has 16 heavy (non-hydrogen) atoms. The molecule has 0 heterocycles.